The van der Waals surface area contributed by atoms with E-state index in [1.165, 1.54) is 6.07 Å². The topological polar surface area (TPSA) is 38.0 Å². The predicted molar refractivity (Wildman–Crippen MR) is 54.2 cm³/mol. The van der Waals surface area contributed by atoms with Gasteiger partial charge in [0, 0.05) is 6.54 Å². The molecule has 0 saturated carbocycles. The van der Waals surface area contributed by atoms with Gasteiger partial charge in [0.25, 0.3) is 0 Å². The minimum absolute atomic E-state index is 0.261. The third kappa shape index (κ3) is 2.34. The minimum atomic E-state index is -0.719. The number of hydrogen-bond acceptors (Lipinski definition) is 2. The molecule has 78 valence electrons. The Labute approximate surface area is 82.1 Å². The summed E-state index contributed by atoms with van der Waals surface area (Å²) in [6.07, 6.45) is 1.96. The molecule has 14 heavy (non-hydrogen) atoms. The lowest BCUT2D eigenvalue weighted by atomic mass is 10.2. The molecule has 1 rings (SSSR count). The Morgan fingerprint density at radius 3 is 2.71 bits per heavy atom. The first-order chi connectivity index (χ1) is 6.66. The molecule has 0 aliphatic carbocycles. The number of halogens is 2. The van der Waals surface area contributed by atoms with Gasteiger partial charge < -0.3 is 11.1 Å². The van der Waals surface area contributed by atoms with E-state index in [1.54, 1.807) is 0 Å². The highest BCUT2D eigenvalue weighted by Crippen LogP contribution is 2.22. The zero-order valence-corrected chi connectivity index (χ0v) is 8.11. The minimum Gasteiger partial charge on any atom is -0.394 e. The molecule has 0 saturated heterocycles. The lowest BCUT2D eigenvalue weighted by Crippen LogP contribution is -2.05. The second kappa shape index (κ2) is 4.79. The van der Waals surface area contributed by atoms with E-state index in [4.69, 9.17) is 5.73 Å². The van der Waals surface area contributed by atoms with Crippen LogP contribution in [0.4, 0.5) is 20.2 Å². The molecule has 0 aliphatic heterocycles. The van der Waals surface area contributed by atoms with Crippen LogP contribution in [-0.4, -0.2) is 6.54 Å². The first-order valence-electron chi connectivity index (χ1n) is 4.64. The van der Waals surface area contributed by atoms with E-state index < -0.39 is 17.3 Å². The maximum absolute atomic E-state index is 13.3. The van der Waals surface area contributed by atoms with Crippen LogP contribution in [0.3, 0.4) is 0 Å². The van der Waals surface area contributed by atoms with Crippen molar-refractivity contribution in [2.75, 3.05) is 17.6 Å². The normalized spacial score (nSPS) is 10.2. The van der Waals surface area contributed by atoms with E-state index in [2.05, 4.69) is 5.32 Å². The van der Waals surface area contributed by atoms with Crippen molar-refractivity contribution in [3.63, 3.8) is 0 Å². The van der Waals surface area contributed by atoms with Gasteiger partial charge in [-0.1, -0.05) is 13.3 Å². The molecular weight excluding hydrogens is 186 g/mol. The van der Waals surface area contributed by atoms with Crippen molar-refractivity contribution in [1.29, 1.82) is 0 Å². The molecular formula is C10H14F2N2. The Kier molecular flexibility index (Phi) is 3.68. The number of nitrogens with one attached hydrogen (secondary N) is 1. The number of nitrogen functional groups attached to an aromatic ring is 1. The SMILES string of the molecule is CCCCNc1ccc(F)c(N)c1F. The highest BCUT2D eigenvalue weighted by molar-refractivity contribution is 5.56. The summed E-state index contributed by atoms with van der Waals surface area (Å²) in [5.41, 5.74) is 5.03. The van der Waals surface area contributed by atoms with Gasteiger partial charge >= 0.3 is 0 Å². The van der Waals surface area contributed by atoms with Crippen LogP contribution in [0.25, 0.3) is 0 Å². The molecule has 0 radical (unpaired) electrons. The number of nitrogens with two attached hydrogens (primary N) is 1. The maximum atomic E-state index is 13.3. The van der Waals surface area contributed by atoms with Gasteiger partial charge in [-0.15, -0.1) is 0 Å². The summed E-state index contributed by atoms with van der Waals surface area (Å²) in [7, 11) is 0. The summed E-state index contributed by atoms with van der Waals surface area (Å²) in [6, 6.07) is 2.52. The van der Waals surface area contributed by atoms with Gasteiger partial charge in [0.1, 0.15) is 11.5 Å². The molecule has 0 fully saturated rings. The quantitative estimate of drug-likeness (QED) is 0.579. The van der Waals surface area contributed by atoms with Crippen LogP contribution in [0.15, 0.2) is 12.1 Å². The van der Waals surface area contributed by atoms with Crippen molar-refractivity contribution in [2.24, 2.45) is 0 Å². The van der Waals surface area contributed by atoms with Crippen LogP contribution in [0.5, 0.6) is 0 Å². The number of unbranched alkanes of at least 4 members (excludes halogenated alkanes) is 1. The Morgan fingerprint density at radius 2 is 2.07 bits per heavy atom. The zero-order chi connectivity index (χ0) is 10.6. The van der Waals surface area contributed by atoms with Gasteiger partial charge in [0.2, 0.25) is 0 Å². The first-order valence-corrected chi connectivity index (χ1v) is 4.64. The highest BCUT2D eigenvalue weighted by Gasteiger charge is 2.09. The third-order valence-electron chi connectivity index (χ3n) is 1.97. The van der Waals surface area contributed by atoms with Crippen LogP contribution < -0.4 is 11.1 Å². The fourth-order valence-corrected chi connectivity index (χ4v) is 1.11. The average molecular weight is 200 g/mol. The Bertz CT molecular complexity index is 313. The second-order valence-corrected chi connectivity index (χ2v) is 3.10. The van der Waals surface area contributed by atoms with E-state index in [1.807, 2.05) is 6.92 Å². The summed E-state index contributed by atoms with van der Waals surface area (Å²) < 4.78 is 26.0. The van der Waals surface area contributed by atoms with Gasteiger partial charge in [0.15, 0.2) is 5.82 Å². The number of anilines is 2. The van der Waals surface area contributed by atoms with Crippen molar-refractivity contribution in [2.45, 2.75) is 19.8 Å². The Hall–Kier alpha value is -1.32. The summed E-state index contributed by atoms with van der Waals surface area (Å²) >= 11 is 0. The fraction of sp³-hybridized carbons (Fsp3) is 0.400. The lowest BCUT2D eigenvalue weighted by Gasteiger charge is -2.08. The average Bonchev–Trinajstić information content (AvgIpc) is 2.18. The predicted octanol–water partition coefficient (Wildman–Crippen LogP) is 2.76. The van der Waals surface area contributed by atoms with Crippen molar-refractivity contribution in [3.05, 3.63) is 23.8 Å². The van der Waals surface area contributed by atoms with Crippen molar-refractivity contribution < 1.29 is 8.78 Å². The van der Waals surface area contributed by atoms with Crippen LogP contribution in [0.2, 0.25) is 0 Å². The van der Waals surface area contributed by atoms with Crippen molar-refractivity contribution in [3.8, 4) is 0 Å². The first kappa shape index (κ1) is 10.8. The molecule has 1 aromatic rings. The Balaban J connectivity index is 2.73. The van der Waals surface area contributed by atoms with E-state index >= 15 is 0 Å². The van der Waals surface area contributed by atoms with E-state index in [-0.39, 0.29) is 5.69 Å². The van der Waals surface area contributed by atoms with Gasteiger partial charge in [-0.25, -0.2) is 8.78 Å². The highest BCUT2D eigenvalue weighted by atomic mass is 19.1. The largest absolute Gasteiger partial charge is 0.394 e. The number of hydrogen-bond donors (Lipinski definition) is 2. The standard InChI is InChI=1S/C10H14F2N2/c1-2-3-6-14-8-5-4-7(11)10(13)9(8)12/h4-5,14H,2-3,6,13H2,1H3. The lowest BCUT2D eigenvalue weighted by molar-refractivity contribution is 0.593. The molecule has 0 bridgehead atoms. The molecule has 1 aromatic carbocycles. The summed E-state index contributed by atoms with van der Waals surface area (Å²) in [6.45, 7) is 2.70. The third-order valence-corrected chi connectivity index (χ3v) is 1.97. The molecule has 0 atom stereocenters. The molecule has 0 heterocycles. The van der Waals surface area contributed by atoms with Crippen molar-refractivity contribution in [1.82, 2.24) is 0 Å². The van der Waals surface area contributed by atoms with Crippen molar-refractivity contribution >= 4 is 11.4 Å². The molecule has 0 aromatic heterocycles. The molecule has 0 amide bonds. The molecule has 0 unspecified atom stereocenters. The fourth-order valence-electron chi connectivity index (χ4n) is 1.11. The number of benzene rings is 1. The molecule has 2 nitrogen and oxygen atoms in total. The molecule has 3 N–H and O–H groups in total. The maximum Gasteiger partial charge on any atom is 0.172 e. The monoisotopic (exact) mass is 200 g/mol. The Morgan fingerprint density at radius 1 is 1.36 bits per heavy atom. The molecule has 4 heteroatoms. The van der Waals surface area contributed by atoms with Gasteiger partial charge in [0.05, 0.1) is 5.69 Å². The smallest absolute Gasteiger partial charge is 0.172 e. The summed E-state index contributed by atoms with van der Waals surface area (Å²) in [5, 5.41) is 2.86. The van der Waals surface area contributed by atoms with Crippen LogP contribution >= 0.6 is 0 Å². The van der Waals surface area contributed by atoms with E-state index in [9.17, 15) is 8.78 Å². The molecule has 0 aliphatic rings. The van der Waals surface area contributed by atoms with E-state index in [0.717, 1.165) is 18.9 Å². The molecule has 0 spiro atoms. The van der Waals surface area contributed by atoms with Crippen LogP contribution in [-0.2, 0) is 0 Å². The van der Waals surface area contributed by atoms with Crippen LogP contribution in [0, 0.1) is 11.6 Å². The van der Waals surface area contributed by atoms with E-state index in [0.29, 0.717) is 6.54 Å². The number of rotatable bonds is 4. The van der Waals surface area contributed by atoms with Gasteiger partial charge in [-0.2, -0.15) is 0 Å². The van der Waals surface area contributed by atoms with Gasteiger partial charge in [-0.05, 0) is 18.6 Å². The van der Waals surface area contributed by atoms with Gasteiger partial charge in [-0.3, -0.25) is 0 Å². The summed E-state index contributed by atoms with van der Waals surface area (Å²) in [4.78, 5) is 0. The second-order valence-electron chi connectivity index (χ2n) is 3.10. The zero-order valence-electron chi connectivity index (χ0n) is 8.11. The summed E-state index contributed by atoms with van der Waals surface area (Å²) in [5.74, 6) is -1.43. The van der Waals surface area contributed by atoms with Crippen LogP contribution in [0.1, 0.15) is 19.8 Å².